The van der Waals surface area contributed by atoms with Gasteiger partial charge in [-0.3, -0.25) is 9.79 Å². The number of rotatable bonds is 8. The van der Waals surface area contributed by atoms with Gasteiger partial charge in [0.1, 0.15) is 0 Å². The van der Waals surface area contributed by atoms with E-state index in [1.165, 1.54) is 37.7 Å². The number of aliphatic imine (C=N–C) groups is 1. The number of nitrogens with zero attached hydrogens (tertiary/aromatic N) is 1. The van der Waals surface area contributed by atoms with Crippen molar-refractivity contribution in [1.82, 2.24) is 16.0 Å². The van der Waals surface area contributed by atoms with Gasteiger partial charge in [-0.15, -0.1) is 0 Å². The Morgan fingerprint density at radius 3 is 2.48 bits per heavy atom. The monoisotopic (exact) mass is 344 g/mol. The van der Waals surface area contributed by atoms with Crippen LogP contribution >= 0.6 is 0 Å². The first-order chi connectivity index (χ1) is 12.2. The summed E-state index contributed by atoms with van der Waals surface area (Å²) in [7, 11) is 1.75. The molecule has 5 heteroatoms. The Labute approximate surface area is 151 Å². The van der Waals surface area contributed by atoms with Crippen LogP contribution < -0.4 is 16.0 Å². The normalized spacial score (nSPS) is 16.5. The average molecular weight is 345 g/mol. The van der Waals surface area contributed by atoms with Gasteiger partial charge in [0.05, 0.1) is 6.54 Å². The van der Waals surface area contributed by atoms with Gasteiger partial charge < -0.3 is 16.0 Å². The summed E-state index contributed by atoms with van der Waals surface area (Å²) in [6.07, 6.45) is 7.26. The summed E-state index contributed by atoms with van der Waals surface area (Å²) < 4.78 is 0. The van der Waals surface area contributed by atoms with E-state index in [9.17, 15) is 4.79 Å². The molecule has 1 saturated carbocycles. The second-order valence-electron chi connectivity index (χ2n) is 6.93. The van der Waals surface area contributed by atoms with Crippen LogP contribution in [0.5, 0.6) is 0 Å². The highest BCUT2D eigenvalue weighted by molar-refractivity contribution is 5.86. The summed E-state index contributed by atoms with van der Waals surface area (Å²) >= 11 is 0. The Morgan fingerprint density at radius 2 is 1.84 bits per heavy atom. The van der Waals surface area contributed by atoms with E-state index >= 15 is 0 Å². The van der Waals surface area contributed by atoms with Crippen molar-refractivity contribution in [2.45, 2.75) is 45.4 Å². The van der Waals surface area contributed by atoms with E-state index in [-0.39, 0.29) is 12.5 Å². The summed E-state index contributed by atoms with van der Waals surface area (Å²) in [6.45, 7) is 4.09. The van der Waals surface area contributed by atoms with Crippen molar-refractivity contribution in [3.8, 4) is 0 Å². The van der Waals surface area contributed by atoms with Crippen molar-refractivity contribution < 1.29 is 4.79 Å². The predicted octanol–water partition coefficient (Wildman–Crippen LogP) is 2.48. The predicted molar refractivity (Wildman–Crippen MR) is 104 cm³/mol. The molecular weight excluding hydrogens is 312 g/mol. The number of carbonyl (C=O) groups is 1. The van der Waals surface area contributed by atoms with Gasteiger partial charge in [0.2, 0.25) is 5.91 Å². The first kappa shape index (κ1) is 19.3. The molecule has 0 spiro atoms. The largest absolute Gasteiger partial charge is 0.356 e. The van der Waals surface area contributed by atoms with Gasteiger partial charge in [-0.05, 0) is 36.7 Å². The zero-order chi connectivity index (χ0) is 18.0. The van der Waals surface area contributed by atoms with Crippen molar-refractivity contribution in [3.63, 3.8) is 0 Å². The molecule has 1 fully saturated rings. The topological polar surface area (TPSA) is 65.5 Å². The van der Waals surface area contributed by atoms with Crippen molar-refractivity contribution in [3.05, 3.63) is 35.9 Å². The highest BCUT2D eigenvalue weighted by atomic mass is 16.1. The van der Waals surface area contributed by atoms with E-state index in [0.29, 0.717) is 17.9 Å². The van der Waals surface area contributed by atoms with Gasteiger partial charge in [-0.2, -0.15) is 0 Å². The Balaban J connectivity index is 1.65. The molecule has 138 valence electrons. The van der Waals surface area contributed by atoms with Crippen LogP contribution in [0.1, 0.15) is 44.6 Å². The second kappa shape index (κ2) is 10.1. The van der Waals surface area contributed by atoms with Crippen molar-refractivity contribution in [1.29, 1.82) is 0 Å². The molecular formula is C20H32N4O. The van der Waals surface area contributed by atoms with Crippen LogP contribution in [-0.2, 0) is 11.2 Å². The molecule has 25 heavy (non-hydrogen) atoms. The molecule has 1 aromatic carbocycles. The van der Waals surface area contributed by atoms with E-state index in [0.717, 1.165) is 13.0 Å². The van der Waals surface area contributed by atoms with Crippen LogP contribution in [0.3, 0.4) is 0 Å². The van der Waals surface area contributed by atoms with Crippen LogP contribution in [-0.4, -0.2) is 38.5 Å². The first-order valence-corrected chi connectivity index (χ1v) is 9.42. The third-order valence-corrected chi connectivity index (χ3v) is 5.26. The van der Waals surface area contributed by atoms with Gasteiger partial charge in [0, 0.05) is 20.1 Å². The lowest BCUT2D eigenvalue weighted by molar-refractivity contribution is -0.119. The maximum atomic E-state index is 12.0. The van der Waals surface area contributed by atoms with Crippen LogP contribution in [0.2, 0.25) is 0 Å². The van der Waals surface area contributed by atoms with E-state index in [2.05, 4.69) is 40.0 Å². The highest BCUT2D eigenvalue weighted by Gasteiger charge is 2.31. The molecule has 1 aromatic rings. The molecule has 1 aliphatic carbocycles. The molecule has 0 radical (unpaired) electrons. The zero-order valence-corrected chi connectivity index (χ0v) is 15.6. The quantitative estimate of drug-likeness (QED) is 0.501. The van der Waals surface area contributed by atoms with Crippen LogP contribution in [0.4, 0.5) is 0 Å². The van der Waals surface area contributed by atoms with Crippen molar-refractivity contribution in [2.75, 3.05) is 26.7 Å². The fourth-order valence-electron chi connectivity index (χ4n) is 3.49. The number of carbonyl (C=O) groups excluding carboxylic acids is 1. The summed E-state index contributed by atoms with van der Waals surface area (Å²) in [5.74, 6) is 0.697. The van der Waals surface area contributed by atoms with Gasteiger partial charge in [0.15, 0.2) is 5.96 Å². The molecule has 2 rings (SSSR count). The Bertz CT molecular complexity index is 550. The molecule has 5 nitrogen and oxygen atoms in total. The minimum atomic E-state index is -0.00930. The number of hydrogen-bond donors (Lipinski definition) is 3. The van der Waals surface area contributed by atoms with E-state index in [4.69, 9.17) is 0 Å². The molecule has 0 unspecified atom stereocenters. The third kappa shape index (κ3) is 6.40. The Hall–Kier alpha value is -2.04. The van der Waals surface area contributed by atoms with Gasteiger partial charge in [-0.25, -0.2) is 0 Å². The van der Waals surface area contributed by atoms with Crippen LogP contribution in [0, 0.1) is 5.41 Å². The minimum Gasteiger partial charge on any atom is -0.356 e. The SMILES string of the molecule is CCC1(CNC(=NC)NCC(=O)NCCc2ccccc2)CCCC1. The number of nitrogens with one attached hydrogen (secondary N) is 3. The fourth-order valence-corrected chi connectivity index (χ4v) is 3.49. The summed E-state index contributed by atoms with van der Waals surface area (Å²) in [4.78, 5) is 16.2. The number of hydrogen-bond acceptors (Lipinski definition) is 2. The van der Waals surface area contributed by atoms with Gasteiger partial charge in [0.25, 0.3) is 0 Å². The first-order valence-electron chi connectivity index (χ1n) is 9.42. The number of guanidine groups is 1. The molecule has 0 bridgehead atoms. The van der Waals surface area contributed by atoms with Crippen LogP contribution in [0.15, 0.2) is 35.3 Å². The summed E-state index contributed by atoms with van der Waals surface area (Å²) in [5.41, 5.74) is 1.63. The molecule has 1 aliphatic rings. The smallest absolute Gasteiger partial charge is 0.239 e. The van der Waals surface area contributed by atoms with Gasteiger partial charge >= 0.3 is 0 Å². The van der Waals surface area contributed by atoms with E-state index in [1.54, 1.807) is 7.05 Å². The maximum Gasteiger partial charge on any atom is 0.239 e. The summed E-state index contributed by atoms with van der Waals surface area (Å²) in [5, 5.41) is 9.45. The highest BCUT2D eigenvalue weighted by Crippen LogP contribution is 2.40. The number of benzene rings is 1. The standard InChI is InChI=1S/C20H32N4O/c1-3-20(12-7-8-13-20)16-24-19(21-2)23-15-18(25)22-14-11-17-9-5-4-6-10-17/h4-6,9-10H,3,7-8,11-16H2,1-2H3,(H,22,25)(H2,21,23,24). The lowest BCUT2D eigenvalue weighted by atomic mass is 9.83. The third-order valence-electron chi connectivity index (χ3n) is 5.26. The molecule has 0 saturated heterocycles. The maximum absolute atomic E-state index is 12.0. The van der Waals surface area contributed by atoms with Crippen molar-refractivity contribution >= 4 is 11.9 Å². The molecule has 0 aromatic heterocycles. The van der Waals surface area contributed by atoms with Crippen LogP contribution in [0.25, 0.3) is 0 Å². The lowest BCUT2D eigenvalue weighted by Crippen LogP contribution is -2.46. The molecule has 0 atom stereocenters. The Morgan fingerprint density at radius 1 is 1.12 bits per heavy atom. The molecule has 0 heterocycles. The van der Waals surface area contributed by atoms with Gasteiger partial charge in [-0.1, -0.05) is 50.1 Å². The lowest BCUT2D eigenvalue weighted by Gasteiger charge is -2.28. The van der Waals surface area contributed by atoms with E-state index < -0.39 is 0 Å². The fraction of sp³-hybridized carbons (Fsp3) is 0.600. The summed E-state index contributed by atoms with van der Waals surface area (Å²) in [6, 6.07) is 10.2. The Kier molecular flexibility index (Phi) is 7.76. The second-order valence-corrected chi connectivity index (χ2v) is 6.93. The van der Waals surface area contributed by atoms with Crippen molar-refractivity contribution in [2.24, 2.45) is 10.4 Å². The minimum absolute atomic E-state index is 0.00930. The molecule has 0 aliphatic heterocycles. The number of amides is 1. The molecule has 1 amide bonds. The molecule has 3 N–H and O–H groups in total. The average Bonchev–Trinajstić information content (AvgIpc) is 3.12. The zero-order valence-electron chi connectivity index (χ0n) is 15.6. The van der Waals surface area contributed by atoms with E-state index in [1.807, 2.05) is 18.2 Å².